The van der Waals surface area contributed by atoms with Gasteiger partial charge in [-0.1, -0.05) is 42.5 Å². The van der Waals surface area contributed by atoms with E-state index in [1.807, 2.05) is 24.3 Å². The molecule has 0 unspecified atom stereocenters. The molecule has 164 valence electrons. The van der Waals surface area contributed by atoms with Gasteiger partial charge >= 0.3 is 11.6 Å². The van der Waals surface area contributed by atoms with Crippen LogP contribution in [-0.2, 0) is 0 Å². The van der Waals surface area contributed by atoms with E-state index in [4.69, 9.17) is 4.74 Å². The quantitative estimate of drug-likeness (QED) is 0.315. The zero-order chi connectivity index (χ0) is 23.4. The number of carbonyl (C=O) groups is 1. The third-order valence-corrected chi connectivity index (χ3v) is 4.55. The summed E-state index contributed by atoms with van der Waals surface area (Å²) < 4.78 is 5.63. The van der Waals surface area contributed by atoms with Gasteiger partial charge in [0.1, 0.15) is 17.6 Å². The second-order valence-corrected chi connectivity index (χ2v) is 6.60. The lowest BCUT2D eigenvalue weighted by molar-refractivity contribution is -0.385. The summed E-state index contributed by atoms with van der Waals surface area (Å²) in [5.41, 5.74) is 3.21. The molecule has 2 N–H and O–H groups in total. The highest BCUT2D eigenvalue weighted by molar-refractivity contribution is 5.98. The van der Waals surface area contributed by atoms with Crippen molar-refractivity contribution >= 4 is 33.9 Å². The number of benzene rings is 3. The summed E-state index contributed by atoms with van der Waals surface area (Å²) in [7, 11) is 0. The summed E-state index contributed by atoms with van der Waals surface area (Å²) in [5, 5.41) is 24.7. The summed E-state index contributed by atoms with van der Waals surface area (Å²) >= 11 is 0. The molecule has 0 aliphatic carbocycles. The molecule has 3 aromatic carbocycles. The first-order valence-electron chi connectivity index (χ1n) is 9.40. The number of para-hydroxylation sites is 1. The predicted molar refractivity (Wildman–Crippen MR) is 117 cm³/mol. The largest absolute Gasteiger partial charge is 0.434 e. The van der Waals surface area contributed by atoms with E-state index in [-0.39, 0.29) is 17.3 Å². The van der Waals surface area contributed by atoms with Crippen molar-refractivity contribution in [2.45, 2.75) is 0 Å². The number of hydrazine groups is 1. The Bertz CT molecular complexity index is 1390. The Kier molecular flexibility index (Phi) is 5.72. The normalized spacial score (nSPS) is 10.4. The van der Waals surface area contributed by atoms with Gasteiger partial charge < -0.3 is 4.74 Å². The minimum Gasteiger partial charge on any atom is -0.434 e. The van der Waals surface area contributed by atoms with Crippen molar-refractivity contribution in [3.63, 3.8) is 0 Å². The Labute approximate surface area is 185 Å². The van der Waals surface area contributed by atoms with E-state index in [0.717, 1.165) is 23.2 Å². The van der Waals surface area contributed by atoms with Crippen LogP contribution in [0.2, 0.25) is 0 Å². The summed E-state index contributed by atoms with van der Waals surface area (Å²) in [6.45, 7) is 0. The standard InChI is InChI=1S/C21H14N6O6/c28-20(16-7-3-4-8-17(16)26(29)30)25-24-19-18(27(31)32)21(23-12-22-19)33-15-10-9-13-5-1-2-6-14(13)11-15/h1-12H,(H,25,28)(H,22,23,24). The molecule has 33 heavy (non-hydrogen) atoms. The number of nitro groups is 2. The van der Waals surface area contributed by atoms with Crippen molar-refractivity contribution in [2.75, 3.05) is 5.43 Å². The Hall–Kier alpha value is -5.13. The maximum atomic E-state index is 12.4. The van der Waals surface area contributed by atoms with Crippen LogP contribution < -0.4 is 15.6 Å². The Morgan fingerprint density at radius 2 is 1.61 bits per heavy atom. The number of carbonyl (C=O) groups excluding carboxylic acids is 1. The van der Waals surface area contributed by atoms with Gasteiger partial charge in [0.2, 0.25) is 5.82 Å². The molecule has 0 radical (unpaired) electrons. The van der Waals surface area contributed by atoms with Gasteiger partial charge in [0.15, 0.2) is 0 Å². The molecular formula is C21H14N6O6. The Morgan fingerprint density at radius 1 is 0.879 bits per heavy atom. The average molecular weight is 446 g/mol. The number of ether oxygens (including phenoxy) is 1. The van der Waals surface area contributed by atoms with Crippen molar-refractivity contribution < 1.29 is 19.4 Å². The molecule has 0 saturated carbocycles. The lowest BCUT2D eigenvalue weighted by atomic mass is 10.1. The first kappa shape index (κ1) is 21.1. The fourth-order valence-electron chi connectivity index (χ4n) is 3.04. The number of fused-ring (bicyclic) bond motifs is 1. The molecular weight excluding hydrogens is 432 g/mol. The van der Waals surface area contributed by atoms with Crippen molar-refractivity contribution in [1.82, 2.24) is 15.4 Å². The first-order valence-corrected chi connectivity index (χ1v) is 9.40. The molecule has 0 aliphatic rings. The van der Waals surface area contributed by atoms with Gasteiger partial charge in [0.05, 0.1) is 9.85 Å². The number of nitro benzene ring substituents is 1. The topological polar surface area (TPSA) is 162 Å². The molecule has 0 bridgehead atoms. The number of amides is 1. The molecule has 4 rings (SSSR count). The lowest BCUT2D eigenvalue weighted by Crippen LogP contribution is -2.30. The first-order chi connectivity index (χ1) is 15.9. The van der Waals surface area contributed by atoms with Gasteiger partial charge in [0, 0.05) is 6.07 Å². The maximum Gasteiger partial charge on any atom is 0.374 e. The van der Waals surface area contributed by atoms with Crippen LogP contribution in [0.25, 0.3) is 10.8 Å². The second kappa shape index (κ2) is 8.93. The molecule has 0 atom stereocenters. The maximum absolute atomic E-state index is 12.4. The van der Waals surface area contributed by atoms with E-state index >= 15 is 0 Å². The zero-order valence-electron chi connectivity index (χ0n) is 16.7. The van der Waals surface area contributed by atoms with E-state index in [2.05, 4.69) is 20.8 Å². The monoisotopic (exact) mass is 446 g/mol. The number of anilines is 1. The number of aromatic nitrogens is 2. The number of hydrogen-bond acceptors (Lipinski definition) is 9. The molecule has 1 heterocycles. The summed E-state index contributed by atoms with van der Waals surface area (Å²) in [6, 6.07) is 17.9. The molecule has 0 saturated heterocycles. The van der Waals surface area contributed by atoms with Crippen LogP contribution in [-0.4, -0.2) is 25.7 Å². The van der Waals surface area contributed by atoms with Crippen molar-refractivity contribution in [3.8, 4) is 11.6 Å². The summed E-state index contributed by atoms with van der Waals surface area (Å²) in [4.78, 5) is 41.4. The molecule has 1 aromatic heterocycles. The van der Waals surface area contributed by atoms with Crippen LogP contribution in [0.15, 0.2) is 73.1 Å². The van der Waals surface area contributed by atoms with Gasteiger partial charge in [-0.3, -0.25) is 35.9 Å². The van der Waals surface area contributed by atoms with E-state index < -0.39 is 27.1 Å². The smallest absolute Gasteiger partial charge is 0.374 e. The second-order valence-electron chi connectivity index (χ2n) is 6.60. The van der Waals surface area contributed by atoms with E-state index in [1.165, 1.54) is 18.2 Å². The van der Waals surface area contributed by atoms with E-state index in [9.17, 15) is 25.0 Å². The Balaban J connectivity index is 1.59. The van der Waals surface area contributed by atoms with Crippen LogP contribution in [0.4, 0.5) is 17.2 Å². The molecule has 4 aromatic rings. The number of hydrogen-bond donors (Lipinski definition) is 2. The van der Waals surface area contributed by atoms with E-state index in [1.54, 1.807) is 18.2 Å². The highest BCUT2D eigenvalue weighted by Crippen LogP contribution is 2.34. The molecule has 12 heteroatoms. The molecule has 0 aliphatic heterocycles. The Morgan fingerprint density at radius 3 is 2.36 bits per heavy atom. The van der Waals surface area contributed by atoms with Gasteiger partial charge in [-0.05, 0) is 29.0 Å². The summed E-state index contributed by atoms with van der Waals surface area (Å²) in [5.74, 6) is -1.29. The third-order valence-electron chi connectivity index (χ3n) is 4.55. The van der Waals surface area contributed by atoms with Crippen LogP contribution >= 0.6 is 0 Å². The average Bonchev–Trinajstić information content (AvgIpc) is 2.82. The fourth-order valence-corrected chi connectivity index (χ4v) is 3.04. The SMILES string of the molecule is O=C(NNc1ncnc(Oc2ccc3ccccc3c2)c1[N+](=O)[O-])c1ccccc1[N+](=O)[O-]. The van der Waals surface area contributed by atoms with Crippen LogP contribution in [0.3, 0.4) is 0 Å². The highest BCUT2D eigenvalue weighted by atomic mass is 16.6. The number of nitrogens with one attached hydrogen (secondary N) is 2. The number of nitrogens with zero attached hydrogens (tertiary/aromatic N) is 4. The number of rotatable bonds is 7. The lowest BCUT2D eigenvalue weighted by Gasteiger charge is -2.11. The highest BCUT2D eigenvalue weighted by Gasteiger charge is 2.26. The molecule has 12 nitrogen and oxygen atoms in total. The molecule has 0 spiro atoms. The molecule has 0 fully saturated rings. The van der Waals surface area contributed by atoms with Gasteiger partial charge in [0.25, 0.3) is 11.6 Å². The van der Waals surface area contributed by atoms with Gasteiger partial charge in [-0.2, -0.15) is 4.98 Å². The van der Waals surface area contributed by atoms with Gasteiger partial charge in [-0.25, -0.2) is 4.98 Å². The van der Waals surface area contributed by atoms with E-state index in [0.29, 0.717) is 5.75 Å². The van der Waals surface area contributed by atoms with Crippen molar-refractivity contribution in [3.05, 3.63) is 98.8 Å². The fraction of sp³-hybridized carbons (Fsp3) is 0. The predicted octanol–water partition coefficient (Wildman–Crippen LogP) is 4.00. The van der Waals surface area contributed by atoms with Crippen LogP contribution in [0.5, 0.6) is 11.6 Å². The van der Waals surface area contributed by atoms with Crippen molar-refractivity contribution in [2.24, 2.45) is 0 Å². The van der Waals surface area contributed by atoms with Gasteiger partial charge in [-0.15, -0.1) is 0 Å². The third kappa shape index (κ3) is 4.49. The summed E-state index contributed by atoms with van der Waals surface area (Å²) in [6.07, 6.45) is 1.02. The van der Waals surface area contributed by atoms with Crippen LogP contribution in [0, 0.1) is 20.2 Å². The molecule has 1 amide bonds. The zero-order valence-corrected chi connectivity index (χ0v) is 16.7. The minimum absolute atomic E-state index is 0.237. The van der Waals surface area contributed by atoms with Crippen LogP contribution in [0.1, 0.15) is 10.4 Å². The minimum atomic E-state index is -0.882. The van der Waals surface area contributed by atoms with Crippen molar-refractivity contribution in [1.29, 1.82) is 0 Å².